The molecule has 0 saturated carbocycles. The molecule has 0 radical (unpaired) electrons. The highest BCUT2D eigenvalue weighted by Gasteiger charge is 2.12. The molecule has 1 heterocycles. The van der Waals surface area contributed by atoms with Crippen molar-refractivity contribution in [1.29, 1.82) is 0 Å². The molecule has 0 amide bonds. The van der Waals surface area contributed by atoms with E-state index in [0.29, 0.717) is 42.8 Å². The lowest BCUT2D eigenvalue weighted by Crippen LogP contribution is -2.12. The van der Waals surface area contributed by atoms with Gasteiger partial charge in [-0.3, -0.25) is 0 Å². The summed E-state index contributed by atoms with van der Waals surface area (Å²) in [6.45, 7) is 6.32. The fraction of sp³-hybridized carbons (Fsp3) is 0.375. The van der Waals surface area contributed by atoms with Crippen molar-refractivity contribution < 1.29 is 13.9 Å². The second-order valence-corrected chi connectivity index (χ2v) is 4.86. The van der Waals surface area contributed by atoms with Crippen molar-refractivity contribution in [3.8, 4) is 11.5 Å². The van der Waals surface area contributed by atoms with E-state index in [1.165, 1.54) is 0 Å². The van der Waals surface area contributed by atoms with Crippen LogP contribution in [0.4, 0.5) is 0 Å². The van der Waals surface area contributed by atoms with Crippen molar-refractivity contribution in [2.24, 2.45) is 0 Å². The molecule has 5 heteroatoms. The molecule has 0 atom stereocenters. The van der Waals surface area contributed by atoms with E-state index in [-0.39, 0.29) is 0 Å². The van der Waals surface area contributed by atoms with Crippen LogP contribution >= 0.6 is 11.6 Å². The smallest absolute Gasteiger partial charge is 0.179 e. The van der Waals surface area contributed by atoms with Crippen LogP contribution in [-0.2, 0) is 13.1 Å². The van der Waals surface area contributed by atoms with Crippen LogP contribution in [0, 0.1) is 0 Å². The minimum Gasteiger partial charge on any atom is -0.490 e. The molecule has 0 aliphatic carbocycles. The molecular formula is C16H20ClNO3. The maximum atomic E-state index is 6.28. The van der Waals surface area contributed by atoms with E-state index < -0.39 is 0 Å². The van der Waals surface area contributed by atoms with Crippen molar-refractivity contribution in [2.45, 2.75) is 26.9 Å². The number of benzene rings is 1. The Morgan fingerprint density at radius 1 is 1.14 bits per heavy atom. The highest BCUT2D eigenvalue weighted by Crippen LogP contribution is 2.36. The number of halogens is 1. The Labute approximate surface area is 130 Å². The molecule has 0 bridgehead atoms. The van der Waals surface area contributed by atoms with Gasteiger partial charge in [0.25, 0.3) is 0 Å². The molecule has 0 aliphatic heterocycles. The predicted molar refractivity (Wildman–Crippen MR) is 83.0 cm³/mol. The monoisotopic (exact) mass is 309 g/mol. The average molecular weight is 310 g/mol. The van der Waals surface area contributed by atoms with E-state index in [9.17, 15) is 0 Å². The first-order chi connectivity index (χ1) is 10.2. The number of furan rings is 1. The molecule has 2 aromatic rings. The molecule has 4 nitrogen and oxygen atoms in total. The SMILES string of the molecule is CCOc1cc(CNCc2ccco2)cc(Cl)c1OCC. The van der Waals surface area contributed by atoms with Gasteiger partial charge >= 0.3 is 0 Å². The van der Waals surface area contributed by atoms with E-state index >= 15 is 0 Å². The Morgan fingerprint density at radius 2 is 1.95 bits per heavy atom. The summed E-state index contributed by atoms with van der Waals surface area (Å²) >= 11 is 6.28. The first kappa shape index (κ1) is 15.7. The topological polar surface area (TPSA) is 43.6 Å². The largest absolute Gasteiger partial charge is 0.490 e. The summed E-state index contributed by atoms with van der Waals surface area (Å²) in [6, 6.07) is 7.65. The zero-order chi connectivity index (χ0) is 15.1. The number of hydrogen-bond donors (Lipinski definition) is 1. The molecule has 0 fully saturated rings. The summed E-state index contributed by atoms with van der Waals surface area (Å²) in [6.07, 6.45) is 1.66. The van der Waals surface area contributed by atoms with Gasteiger partial charge in [0.15, 0.2) is 11.5 Å². The minimum absolute atomic E-state index is 0.551. The van der Waals surface area contributed by atoms with E-state index in [1.807, 2.05) is 38.1 Å². The third-order valence-corrected chi connectivity index (χ3v) is 3.15. The van der Waals surface area contributed by atoms with Crippen LogP contribution in [0.1, 0.15) is 25.2 Å². The van der Waals surface area contributed by atoms with Crippen LogP contribution in [0.2, 0.25) is 5.02 Å². The van der Waals surface area contributed by atoms with E-state index in [1.54, 1.807) is 6.26 Å². The fourth-order valence-electron chi connectivity index (χ4n) is 2.01. The second kappa shape index (κ2) is 7.96. The molecule has 114 valence electrons. The van der Waals surface area contributed by atoms with Crippen LogP contribution in [0.25, 0.3) is 0 Å². The van der Waals surface area contributed by atoms with Crippen molar-refractivity contribution in [3.63, 3.8) is 0 Å². The molecule has 1 aromatic carbocycles. The Morgan fingerprint density at radius 3 is 2.62 bits per heavy atom. The molecule has 2 rings (SSSR count). The Balaban J connectivity index is 2.05. The van der Waals surface area contributed by atoms with E-state index in [4.69, 9.17) is 25.5 Å². The summed E-state index contributed by atoms with van der Waals surface area (Å²) in [4.78, 5) is 0. The number of ether oxygens (including phenoxy) is 2. The minimum atomic E-state index is 0.551. The molecule has 1 N–H and O–H groups in total. The quantitative estimate of drug-likeness (QED) is 0.800. The summed E-state index contributed by atoms with van der Waals surface area (Å²) in [5.74, 6) is 2.19. The summed E-state index contributed by atoms with van der Waals surface area (Å²) in [7, 11) is 0. The second-order valence-electron chi connectivity index (χ2n) is 4.45. The third-order valence-electron chi connectivity index (χ3n) is 2.87. The Bertz CT molecular complexity index is 555. The maximum Gasteiger partial charge on any atom is 0.179 e. The maximum absolute atomic E-state index is 6.28. The van der Waals surface area contributed by atoms with Gasteiger partial charge in [0.05, 0.1) is 31.0 Å². The first-order valence-corrected chi connectivity index (χ1v) is 7.43. The van der Waals surface area contributed by atoms with Gasteiger partial charge in [-0.25, -0.2) is 0 Å². The van der Waals surface area contributed by atoms with Crippen LogP contribution in [0.3, 0.4) is 0 Å². The van der Waals surface area contributed by atoms with Gasteiger partial charge in [0, 0.05) is 6.54 Å². The fourth-order valence-corrected chi connectivity index (χ4v) is 2.30. The Hall–Kier alpha value is -1.65. The summed E-state index contributed by atoms with van der Waals surface area (Å²) in [5, 5.41) is 3.87. The van der Waals surface area contributed by atoms with E-state index in [0.717, 1.165) is 11.3 Å². The average Bonchev–Trinajstić information content (AvgIpc) is 2.96. The molecule has 0 spiro atoms. The van der Waals surface area contributed by atoms with Crippen LogP contribution in [0.5, 0.6) is 11.5 Å². The summed E-state index contributed by atoms with van der Waals surface area (Å²) in [5.41, 5.74) is 1.04. The van der Waals surface area contributed by atoms with Gasteiger partial charge in [-0.05, 0) is 43.7 Å². The van der Waals surface area contributed by atoms with E-state index in [2.05, 4.69) is 5.32 Å². The lowest BCUT2D eigenvalue weighted by atomic mass is 10.2. The van der Waals surface area contributed by atoms with Crippen LogP contribution in [-0.4, -0.2) is 13.2 Å². The van der Waals surface area contributed by atoms with Crippen LogP contribution < -0.4 is 14.8 Å². The molecule has 0 saturated heterocycles. The molecular weight excluding hydrogens is 290 g/mol. The van der Waals surface area contributed by atoms with Gasteiger partial charge in [0.1, 0.15) is 5.76 Å². The Kier molecular flexibility index (Phi) is 5.96. The predicted octanol–water partition coefficient (Wildman–Crippen LogP) is 4.02. The van der Waals surface area contributed by atoms with Gasteiger partial charge in [-0.2, -0.15) is 0 Å². The first-order valence-electron chi connectivity index (χ1n) is 7.05. The molecule has 0 aliphatic rings. The molecule has 21 heavy (non-hydrogen) atoms. The number of nitrogens with one attached hydrogen (secondary N) is 1. The lowest BCUT2D eigenvalue weighted by molar-refractivity contribution is 0.287. The number of rotatable bonds is 8. The van der Waals surface area contributed by atoms with Crippen molar-refractivity contribution in [2.75, 3.05) is 13.2 Å². The van der Waals surface area contributed by atoms with Crippen LogP contribution in [0.15, 0.2) is 34.9 Å². The molecule has 0 unspecified atom stereocenters. The van der Waals surface area contributed by atoms with Crippen molar-refractivity contribution >= 4 is 11.6 Å². The van der Waals surface area contributed by atoms with Gasteiger partial charge in [-0.1, -0.05) is 11.6 Å². The van der Waals surface area contributed by atoms with Gasteiger partial charge in [-0.15, -0.1) is 0 Å². The molecule has 1 aromatic heterocycles. The van der Waals surface area contributed by atoms with Crippen molar-refractivity contribution in [3.05, 3.63) is 46.9 Å². The highest BCUT2D eigenvalue weighted by atomic mass is 35.5. The van der Waals surface area contributed by atoms with Crippen molar-refractivity contribution in [1.82, 2.24) is 5.32 Å². The zero-order valence-electron chi connectivity index (χ0n) is 12.3. The third kappa shape index (κ3) is 4.41. The van der Waals surface area contributed by atoms with Gasteiger partial charge in [0.2, 0.25) is 0 Å². The highest BCUT2D eigenvalue weighted by molar-refractivity contribution is 6.32. The normalized spacial score (nSPS) is 10.6. The zero-order valence-corrected chi connectivity index (χ0v) is 13.1. The lowest BCUT2D eigenvalue weighted by Gasteiger charge is -2.14. The summed E-state index contributed by atoms with van der Waals surface area (Å²) < 4.78 is 16.4. The number of hydrogen-bond acceptors (Lipinski definition) is 4. The van der Waals surface area contributed by atoms with Gasteiger partial charge < -0.3 is 19.2 Å². The standard InChI is InChI=1S/C16H20ClNO3/c1-3-19-15-9-12(8-14(17)16(15)20-4-2)10-18-11-13-6-5-7-21-13/h5-9,18H,3-4,10-11H2,1-2H3.